The summed E-state index contributed by atoms with van der Waals surface area (Å²) in [6.07, 6.45) is -0.356. The van der Waals surface area contributed by atoms with Crippen molar-refractivity contribution in [2.24, 2.45) is 0 Å². The van der Waals surface area contributed by atoms with Crippen LogP contribution < -0.4 is 0 Å². The van der Waals surface area contributed by atoms with Gasteiger partial charge in [0, 0.05) is 13.6 Å². The van der Waals surface area contributed by atoms with Crippen LogP contribution in [0.1, 0.15) is 26.3 Å². The zero-order valence-electron chi connectivity index (χ0n) is 10.7. The summed E-state index contributed by atoms with van der Waals surface area (Å²) >= 11 is 0. The fourth-order valence-electron chi connectivity index (χ4n) is 1.28. The van der Waals surface area contributed by atoms with E-state index in [-0.39, 0.29) is 11.8 Å². The summed E-state index contributed by atoms with van der Waals surface area (Å²) in [4.78, 5) is 13.2. The van der Waals surface area contributed by atoms with Crippen LogP contribution in [0.4, 0.5) is 4.79 Å². The van der Waals surface area contributed by atoms with Crippen LogP contribution in [0, 0.1) is 0 Å². The number of hydrogen-bond acceptors (Lipinski definition) is 3. The van der Waals surface area contributed by atoms with E-state index in [2.05, 4.69) is 0 Å². The second-order valence-corrected chi connectivity index (χ2v) is 5.00. The van der Waals surface area contributed by atoms with E-state index in [1.165, 1.54) is 4.90 Å². The van der Waals surface area contributed by atoms with Gasteiger partial charge in [0.1, 0.15) is 11.4 Å². The first-order valence-electron chi connectivity index (χ1n) is 5.50. The molecule has 0 unspecified atom stereocenters. The Balaban J connectivity index is 2.57. The van der Waals surface area contributed by atoms with Crippen molar-refractivity contribution >= 4 is 6.09 Å². The van der Waals surface area contributed by atoms with Crippen LogP contribution in [0.5, 0.6) is 5.75 Å². The molecule has 0 atom stereocenters. The number of hydrogen-bond donors (Lipinski definition) is 1. The zero-order valence-corrected chi connectivity index (χ0v) is 10.7. The Morgan fingerprint density at radius 1 is 1.29 bits per heavy atom. The predicted octanol–water partition coefficient (Wildman–Crippen LogP) is 2.76. The van der Waals surface area contributed by atoms with Crippen LogP contribution in [-0.4, -0.2) is 28.7 Å². The summed E-state index contributed by atoms with van der Waals surface area (Å²) in [6.45, 7) is 5.95. The predicted molar refractivity (Wildman–Crippen MR) is 65.8 cm³/mol. The Hall–Kier alpha value is -1.71. The van der Waals surface area contributed by atoms with Gasteiger partial charge in [0.05, 0.1) is 0 Å². The number of benzene rings is 1. The van der Waals surface area contributed by atoms with Crippen LogP contribution in [0.15, 0.2) is 24.3 Å². The second kappa shape index (κ2) is 5.08. The highest BCUT2D eigenvalue weighted by molar-refractivity contribution is 5.67. The normalized spacial score (nSPS) is 11.1. The maximum absolute atomic E-state index is 11.7. The molecule has 0 bridgehead atoms. The number of amides is 1. The highest BCUT2D eigenvalue weighted by Crippen LogP contribution is 2.13. The van der Waals surface area contributed by atoms with E-state index in [4.69, 9.17) is 9.84 Å². The van der Waals surface area contributed by atoms with Crippen LogP contribution in [0.25, 0.3) is 0 Å². The average molecular weight is 237 g/mol. The molecule has 0 saturated carbocycles. The molecule has 1 rings (SSSR count). The minimum atomic E-state index is -0.486. The van der Waals surface area contributed by atoms with Crippen LogP contribution in [-0.2, 0) is 11.3 Å². The van der Waals surface area contributed by atoms with E-state index < -0.39 is 5.60 Å². The summed E-state index contributed by atoms with van der Waals surface area (Å²) in [6, 6.07) is 6.74. The molecule has 1 aromatic rings. The number of nitrogens with zero attached hydrogens (tertiary/aromatic N) is 1. The van der Waals surface area contributed by atoms with Gasteiger partial charge in [-0.3, -0.25) is 0 Å². The van der Waals surface area contributed by atoms with Crippen LogP contribution in [0.2, 0.25) is 0 Å². The first kappa shape index (κ1) is 13.4. The molecular weight excluding hydrogens is 218 g/mol. The van der Waals surface area contributed by atoms with E-state index in [1.54, 1.807) is 31.3 Å². The Labute approximate surface area is 102 Å². The van der Waals surface area contributed by atoms with Crippen molar-refractivity contribution in [2.75, 3.05) is 7.05 Å². The summed E-state index contributed by atoms with van der Waals surface area (Å²) in [7, 11) is 1.68. The molecule has 1 N–H and O–H groups in total. The zero-order chi connectivity index (χ0) is 13.1. The van der Waals surface area contributed by atoms with Crippen LogP contribution >= 0.6 is 0 Å². The van der Waals surface area contributed by atoms with Gasteiger partial charge in [0.25, 0.3) is 0 Å². The van der Waals surface area contributed by atoms with Gasteiger partial charge >= 0.3 is 6.09 Å². The number of ether oxygens (including phenoxy) is 1. The topological polar surface area (TPSA) is 49.8 Å². The lowest BCUT2D eigenvalue weighted by Gasteiger charge is -2.24. The fraction of sp³-hybridized carbons (Fsp3) is 0.462. The van der Waals surface area contributed by atoms with E-state index in [9.17, 15) is 4.79 Å². The van der Waals surface area contributed by atoms with Crippen molar-refractivity contribution in [3.8, 4) is 5.75 Å². The molecule has 0 aliphatic heterocycles. The molecule has 1 amide bonds. The van der Waals surface area contributed by atoms with Gasteiger partial charge < -0.3 is 14.7 Å². The molecule has 94 valence electrons. The van der Waals surface area contributed by atoms with Crippen LogP contribution in [0.3, 0.4) is 0 Å². The SMILES string of the molecule is CN(Cc1ccc(O)cc1)C(=O)OC(C)(C)C. The average Bonchev–Trinajstić information content (AvgIpc) is 2.19. The molecule has 0 aromatic heterocycles. The summed E-state index contributed by atoms with van der Waals surface area (Å²) in [5, 5.41) is 9.15. The summed E-state index contributed by atoms with van der Waals surface area (Å²) in [5.74, 6) is 0.216. The summed E-state index contributed by atoms with van der Waals surface area (Å²) < 4.78 is 5.23. The van der Waals surface area contributed by atoms with Gasteiger partial charge in [-0.15, -0.1) is 0 Å². The number of rotatable bonds is 2. The monoisotopic (exact) mass is 237 g/mol. The number of phenolic OH excluding ortho intramolecular Hbond substituents is 1. The quantitative estimate of drug-likeness (QED) is 0.860. The summed E-state index contributed by atoms with van der Waals surface area (Å²) in [5.41, 5.74) is 0.455. The molecule has 0 saturated heterocycles. The first-order chi connectivity index (χ1) is 7.78. The van der Waals surface area contributed by atoms with E-state index in [0.717, 1.165) is 5.56 Å². The number of carbonyl (C=O) groups is 1. The number of aromatic hydroxyl groups is 1. The smallest absolute Gasteiger partial charge is 0.410 e. The lowest BCUT2D eigenvalue weighted by molar-refractivity contribution is 0.0285. The Morgan fingerprint density at radius 2 is 1.82 bits per heavy atom. The Kier molecular flexibility index (Phi) is 3.99. The van der Waals surface area contributed by atoms with Gasteiger partial charge in [-0.05, 0) is 38.5 Å². The fourth-order valence-corrected chi connectivity index (χ4v) is 1.28. The minimum Gasteiger partial charge on any atom is -0.508 e. The van der Waals surface area contributed by atoms with E-state index >= 15 is 0 Å². The molecular formula is C13H19NO3. The lowest BCUT2D eigenvalue weighted by atomic mass is 10.2. The van der Waals surface area contributed by atoms with Crippen molar-refractivity contribution in [3.63, 3.8) is 0 Å². The second-order valence-electron chi connectivity index (χ2n) is 5.00. The number of phenols is 1. The van der Waals surface area contributed by atoms with Gasteiger partial charge in [-0.1, -0.05) is 12.1 Å². The van der Waals surface area contributed by atoms with Crippen molar-refractivity contribution in [3.05, 3.63) is 29.8 Å². The number of carbonyl (C=O) groups excluding carboxylic acids is 1. The molecule has 4 heteroatoms. The largest absolute Gasteiger partial charge is 0.508 e. The van der Waals surface area contributed by atoms with Gasteiger partial charge in [0.2, 0.25) is 0 Å². The Bertz CT molecular complexity index is 379. The molecule has 0 aliphatic rings. The third-order valence-corrected chi connectivity index (χ3v) is 2.06. The van der Waals surface area contributed by atoms with Crippen molar-refractivity contribution in [2.45, 2.75) is 32.9 Å². The van der Waals surface area contributed by atoms with Gasteiger partial charge in [-0.25, -0.2) is 4.79 Å². The molecule has 0 radical (unpaired) electrons. The minimum absolute atomic E-state index is 0.216. The molecule has 0 spiro atoms. The molecule has 17 heavy (non-hydrogen) atoms. The van der Waals surface area contributed by atoms with Gasteiger partial charge in [0.15, 0.2) is 0 Å². The van der Waals surface area contributed by atoms with E-state index in [1.807, 2.05) is 20.8 Å². The van der Waals surface area contributed by atoms with Gasteiger partial charge in [-0.2, -0.15) is 0 Å². The molecule has 0 heterocycles. The maximum Gasteiger partial charge on any atom is 0.410 e. The molecule has 4 nitrogen and oxygen atoms in total. The molecule has 0 aliphatic carbocycles. The van der Waals surface area contributed by atoms with Crippen molar-refractivity contribution in [1.29, 1.82) is 0 Å². The van der Waals surface area contributed by atoms with E-state index in [0.29, 0.717) is 6.54 Å². The Morgan fingerprint density at radius 3 is 2.29 bits per heavy atom. The highest BCUT2D eigenvalue weighted by atomic mass is 16.6. The third kappa shape index (κ3) is 4.76. The third-order valence-electron chi connectivity index (χ3n) is 2.06. The van der Waals surface area contributed by atoms with Crippen molar-refractivity contribution < 1.29 is 14.6 Å². The standard InChI is InChI=1S/C13H19NO3/c1-13(2,3)17-12(16)14(4)9-10-5-7-11(15)8-6-10/h5-8,15H,9H2,1-4H3. The molecule has 1 aromatic carbocycles. The molecule has 0 fully saturated rings. The lowest BCUT2D eigenvalue weighted by Crippen LogP contribution is -2.33. The maximum atomic E-state index is 11.7. The first-order valence-corrected chi connectivity index (χ1v) is 5.50. The highest BCUT2D eigenvalue weighted by Gasteiger charge is 2.19. The van der Waals surface area contributed by atoms with Crippen molar-refractivity contribution in [1.82, 2.24) is 4.90 Å².